The predicted octanol–water partition coefficient (Wildman–Crippen LogP) is 1.51. The van der Waals surface area contributed by atoms with Gasteiger partial charge in [-0.2, -0.15) is 0 Å². The molecule has 0 saturated carbocycles. The fourth-order valence-corrected chi connectivity index (χ4v) is 1.39. The summed E-state index contributed by atoms with van der Waals surface area (Å²) in [5.74, 6) is -0.462. The van der Waals surface area contributed by atoms with Crippen molar-refractivity contribution in [3.8, 4) is 0 Å². The maximum atomic E-state index is 11.7. The summed E-state index contributed by atoms with van der Waals surface area (Å²) in [6, 6.07) is 4.87. The Morgan fingerprint density at radius 3 is 2.63 bits per heavy atom. The topological polar surface area (TPSA) is 81.4 Å². The summed E-state index contributed by atoms with van der Waals surface area (Å²) in [5, 5.41) is 2.67. The van der Waals surface area contributed by atoms with Gasteiger partial charge in [0.1, 0.15) is 0 Å². The monoisotopic (exact) mass is 264 g/mol. The van der Waals surface area contributed by atoms with Crippen molar-refractivity contribution in [3.63, 3.8) is 0 Å². The average molecular weight is 264 g/mol. The Morgan fingerprint density at radius 1 is 1.37 bits per heavy atom. The molecule has 5 nitrogen and oxygen atoms in total. The van der Waals surface area contributed by atoms with Crippen molar-refractivity contribution < 1.29 is 14.3 Å². The van der Waals surface area contributed by atoms with Crippen LogP contribution in [0.25, 0.3) is 0 Å². The van der Waals surface area contributed by atoms with E-state index in [1.54, 1.807) is 18.2 Å². The molecule has 0 saturated heterocycles. The molecule has 1 rings (SSSR count). The second-order valence-electron chi connectivity index (χ2n) is 4.85. The first-order valence-corrected chi connectivity index (χ1v) is 6.20. The van der Waals surface area contributed by atoms with Gasteiger partial charge in [-0.05, 0) is 36.6 Å². The number of anilines is 1. The molecule has 0 unspecified atom stereocenters. The minimum absolute atomic E-state index is 0.269. The number of hydrogen-bond acceptors (Lipinski definition) is 4. The summed E-state index contributed by atoms with van der Waals surface area (Å²) >= 11 is 0. The van der Waals surface area contributed by atoms with Crippen molar-refractivity contribution >= 4 is 17.6 Å². The zero-order valence-electron chi connectivity index (χ0n) is 11.5. The molecule has 0 spiro atoms. The molecule has 0 heterocycles. The molecule has 0 aliphatic carbocycles. The Kier molecular flexibility index (Phi) is 5.36. The van der Waals surface area contributed by atoms with Crippen LogP contribution in [-0.2, 0) is 9.53 Å². The summed E-state index contributed by atoms with van der Waals surface area (Å²) in [6.07, 6.45) is 0. The van der Waals surface area contributed by atoms with Gasteiger partial charge in [-0.1, -0.05) is 13.8 Å². The number of rotatable bonds is 5. The molecular formula is C14H20N2O3. The molecular weight excluding hydrogens is 244 g/mol. The van der Waals surface area contributed by atoms with Gasteiger partial charge in [-0.3, -0.25) is 4.79 Å². The number of ether oxygens (including phenoxy) is 1. The summed E-state index contributed by atoms with van der Waals surface area (Å²) in [4.78, 5) is 23.1. The fraction of sp³-hybridized carbons (Fsp3) is 0.429. The van der Waals surface area contributed by atoms with Crippen LogP contribution in [0.1, 0.15) is 29.8 Å². The number of nitrogens with two attached hydrogens (primary N) is 1. The maximum absolute atomic E-state index is 11.7. The smallest absolute Gasteiger partial charge is 0.338 e. The van der Waals surface area contributed by atoms with Crippen molar-refractivity contribution in [1.29, 1.82) is 0 Å². The second-order valence-corrected chi connectivity index (χ2v) is 4.85. The van der Waals surface area contributed by atoms with E-state index < -0.39 is 5.97 Å². The highest BCUT2D eigenvalue weighted by Gasteiger charge is 2.11. The van der Waals surface area contributed by atoms with E-state index in [-0.39, 0.29) is 12.5 Å². The number of nitrogen functional groups attached to an aromatic ring is 1. The van der Waals surface area contributed by atoms with Crippen molar-refractivity contribution in [3.05, 3.63) is 29.3 Å². The normalized spacial score (nSPS) is 10.3. The first kappa shape index (κ1) is 15.0. The number of amides is 1. The van der Waals surface area contributed by atoms with Crippen LogP contribution in [0.3, 0.4) is 0 Å². The van der Waals surface area contributed by atoms with E-state index in [0.29, 0.717) is 23.7 Å². The first-order valence-electron chi connectivity index (χ1n) is 6.20. The van der Waals surface area contributed by atoms with Crippen molar-refractivity contribution in [2.24, 2.45) is 5.92 Å². The molecule has 3 N–H and O–H groups in total. The van der Waals surface area contributed by atoms with Crippen LogP contribution in [0, 0.1) is 12.8 Å². The largest absolute Gasteiger partial charge is 0.452 e. The van der Waals surface area contributed by atoms with Crippen LogP contribution in [0.4, 0.5) is 5.69 Å². The number of carbonyl (C=O) groups excluding carboxylic acids is 2. The fourth-order valence-electron chi connectivity index (χ4n) is 1.39. The molecule has 19 heavy (non-hydrogen) atoms. The van der Waals surface area contributed by atoms with Crippen LogP contribution in [-0.4, -0.2) is 25.0 Å². The summed E-state index contributed by atoms with van der Waals surface area (Å²) in [7, 11) is 0. The van der Waals surface area contributed by atoms with Gasteiger partial charge in [0.2, 0.25) is 0 Å². The van der Waals surface area contributed by atoms with Crippen LogP contribution in [0.2, 0.25) is 0 Å². The zero-order chi connectivity index (χ0) is 14.4. The van der Waals surface area contributed by atoms with E-state index in [1.807, 2.05) is 20.8 Å². The Morgan fingerprint density at radius 2 is 2.05 bits per heavy atom. The molecule has 0 aromatic heterocycles. The molecule has 5 heteroatoms. The minimum atomic E-state index is -0.525. The lowest BCUT2D eigenvalue weighted by Gasteiger charge is -2.09. The van der Waals surface area contributed by atoms with E-state index in [4.69, 9.17) is 10.5 Å². The number of nitrogens with one attached hydrogen (secondary N) is 1. The lowest BCUT2D eigenvalue weighted by molar-refractivity contribution is -0.124. The van der Waals surface area contributed by atoms with Gasteiger partial charge < -0.3 is 15.8 Å². The van der Waals surface area contributed by atoms with Gasteiger partial charge in [-0.25, -0.2) is 4.79 Å². The summed E-state index contributed by atoms with van der Waals surface area (Å²) in [6.45, 7) is 6.08. The molecule has 1 amide bonds. The second kappa shape index (κ2) is 6.78. The number of carbonyl (C=O) groups is 2. The highest BCUT2D eigenvalue weighted by Crippen LogP contribution is 2.13. The molecule has 0 bridgehead atoms. The SMILES string of the molecule is Cc1cc(C(=O)OCC(=O)NCC(C)C)ccc1N. The molecule has 0 aliphatic rings. The maximum Gasteiger partial charge on any atom is 0.338 e. The summed E-state index contributed by atoms with van der Waals surface area (Å²) in [5.41, 5.74) is 7.48. The number of hydrogen-bond donors (Lipinski definition) is 2. The van der Waals surface area contributed by atoms with Crippen LogP contribution >= 0.6 is 0 Å². The Hall–Kier alpha value is -2.04. The third-order valence-electron chi connectivity index (χ3n) is 2.55. The Bertz CT molecular complexity index is 470. The number of aryl methyl sites for hydroxylation is 1. The van der Waals surface area contributed by atoms with Gasteiger partial charge in [0.25, 0.3) is 5.91 Å². The summed E-state index contributed by atoms with van der Waals surface area (Å²) < 4.78 is 4.93. The molecule has 0 radical (unpaired) electrons. The van der Waals surface area contributed by atoms with Crippen molar-refractivity contribution in [2.45, 2.75) is 20.8 Å². The molecule has 0 atom stereocenters. The van der Waals surface area contributed by atoms with Gasteiger partial charge in [0.15, 0.2) is 6.61 Å². The third kappa shape index (κ3) is 4.99. The third-order valence-corrected chi connectivity index (χ3v) is 2.55. The lowest BCUT2D eigenvalue weighted by Crippen LogP contribution is -2.31. The van der Waals surface area contributed by atoms with Gasteiger partial charge >= 0.3 is 5.97 Å². The highest BCUT2D eigenvalue weighted by molar-refractivity contribution is 5.92. The molecule has 1 aromatic carbocycles. The van der Waals surface area contributed by atoms with Gasteiger partial charge in [0, 0.05) is 12.2 Å². The van der Waals surface area contributed by atoms with Crippen LogP contribution < -0.4 is 11.1 Å². The zero-order valence-corrected chi connectivity index (χ0v) is 11.5. The van der Waals surface area contributed by atoms with E-state index in [2.05, 4.69) is 5.32 Å². The van der Waals surface area contributed by atoms with Gasteiger partial charge in [0.05, 0.1) is 5.56 Å². The van der Waals surface area contributed by atoms with Crippen molar-refractivity contribution in [1.82, 2.24) is 5.32 Å². The predicted molar refractivity (Wildman–Crippen MR) is 73.7 cm³/mol. The van der Waals surface area contributed by atoms with Crippen molar-refractivity contribution in [2.75, 3.05) is 18.9 Å². The average Bonchev–Trinajstić information content (AvgIpc) is 2.36. The lowest BCUT2D eigenvalue weighted by atomic mass is 10.1. The highest BCUT2D eigenvalue weighted by atomic mass is 16.5. The van der Waals surface area contributed by atoms with E-state index in [0.717, 1.165) is 5.56 Å². The molecule has 104 valence electrons. The number of esters is 1. The quantitative estimate of drug-likeness (QED) is 0.624. The molecule has 0 aliphatic heterocycles. The standard InChI is InChI=1S/C14H20N2O3/c1-9(2)7-16-13(17)8-19-14(18)11-4-5-12(15)10(3)6-11/h4-6,9H,7-8,15H2,1-3H3,(H,16,17). The number of benzene rings is 1. The first-order chi connectivity index (χ1) is 8.90. The van der Waals surface area contributed by atoms with Crippen LogP contribution in [0.15, 0.2) is 18.2 Å². The van der Waals surface area contributed by atoms with E-state index >= 15 is 0 Å². The van der Waals surface area contributed by atoms with E-state index in [9.17, 15) is 9.59 Å². The molecule has 1 aromatic rings. The Balaban J connectivity index is 2.47. The Labute approximate surface area is 113 Å². The molecule has 0 fully saturated rings. The van der Waals surface area contributed by atoms with E-state index in [1.165, 1.54) is 0 Å². The van der Waals surface area contributed by atoms with Gasteiger partial charge in [-0.15, -0.1) is 0 Å². The van der Waals surface area contributed by atoms with Crippen LogP contribution in [0.5, 0.6) is 0 Å². The minimum Gasteiger partial charge on any atom is -0.452 e.